The van der Waals surface area contributed by atoms with Crippen LogP contribution in [0.1, 0.15) is 18.1 Å². The van der Waals surface area contributed by atoms with Gasteiger partial charge in [0.25, 0.3) is 0 Å². The lowest BCUT2D eigenvalue weighted by Gasteiger charge is -2.27. The second kappa shape index (κ2) is 4.89. The van der Waals surface area contributed by atoms with Crippen molar-refractivity contribution < 1.29 is 5.21 Å². The van der Waals surface area contributed by atoms with Gasteiger partial charge in [-0.2, -0.15) is 0 Å². The third-order valence-corrected chi connectivity index (χ3v) is 3.75. The van der Waals surface area contributed by atoms with Crippen LogP contribution in [0.15, 0.2) is 53.7 Å². The fourth-order valence-corrected chi connectivity index (χ4v) is 2.89. The number of para-hydroxylation sites is 2. The summed E-state index contributed by atoms with van der Waals surface area (Å²) in [5.74, 6) is 0.136. The van der Waals surface area contributed by atoms with Crippen molar-refractivity contribution >= 4 is 17.2 Å². The molecular weight excluding hydrogens is 250 g/mol. The minimum absolute atomic E-state index is 0.136. The largest absolute Gasteiger partial charge is 0.409 e. The van der Waals surface area contributed by atoms with E-state index in [0.29, 0.717) is 6.04 Å². The van der Waals surface area contributed by atoms with Gasteiger partial charge in [0.05, 0.1) is 5.69 Å². The first-order chi connectivity index (χ1) is 9.72. The molecule has 0 radical (unpaired) electrons. The highest BCUT2D eigenvalue weighted by Crippen LogP contribution is 2.39. The maximum absolute atomic E-state index is 8.96. The highest BCUT2D eigenvalue weighted by Gasteiger charge is 2.28. The molecule has 4 nitrogen and oxygen atoms in total. The second-order valence-corrected chi connectivity index (χ2v) is 5.05. The van der Waals surface area contributed by atoms with Crippen molar-refractivity contribution in [1.82, 2.24) is 0 Å². The van der Waals surface area contributed by atoms with Gasteiger partial charge in [0.15, 0.2) is 5.84 Å². The molecule has 0 bridgehead atoms. The lowest BCUT2D eigenvalue weighted by molar-refractivity contribution is 0.318. The fraction of sp³-hybridized carbons (Fsp3) is 0.188. The lowest BCUT2D eigenvalue weighted by atomic mass is 10.1. The summed E-state index contributed by atoms with van der Waals surface area (Å²) in [6.07, 6.45) is 1.00. The molecule has 2 aromatic carbocycles. The van der Waals surface area contributed by atoms with E-state index in [-0.39, 0.29) is 5.84 Å². The molecule has 0 saturated carbocycles. The number of nitrogens with zero attached hydrogens (tertiary/aromatic N) is 2. The molecule has 4 heteroatoms. The summed E-state index contributed by atoms with van der Waals surface area (Å²) in [7, 11) is 0. The van der Waals surface area contributed by atoms with Gasteiger partial charge in [-0.05, 0) is 37.1 Å². The molecule has 3 N–H and O–H groups in total. The first-order valence-electron chi connectivity index (χ1n) is 6.66. The van der Waals surface area contributed by atoms with E-state index in [1.165, 1.54) is 11.3 Å². The lowest BCUT2D eigenvalue weighted by Crippen LogP contribution is -2.27. The fourth-order valence-electron chi connectivity index (χ4n) is 2.89. The Morgan fingerprint density at radius 2 is 1.80 bits per heavy atom. The number of amidine groups is 1. The van der Waals surface area contributed by atoms with E-state index in [4.69, 9.17) is 10.9 Å². The van der Waals surface area contributed by atoms with Gasteiger partial charge in [-0.1, -0.05) is 35.5 Å². The Balaban J connectivity index is 2.15. The zero-order valence-corrected chi connectivity index (χ0v) is 11.3. The van der Waals surface area contributed by atoms with Crippen molar-refractivity contribution in [2.24, 2.45) is 10.9 Å². The first kappa shape index (κ1) is 12.5. The molecule has 3 rings (SSSR count). The van der Waals surface area contributed by atoms with Crippen LogP contribution in [0.2, 0.25) is 0 Å². The highest BCUT2D eigenvalue weighted by molar-refractivity contribution is 6.03. The van der Waals surface area contributed by atoms with E-state index in [9.17, 15) is 0 Å². The van der Waals surface area contributed by atoms with Gasteiger partial charge in [0, 0.05) is 17.3 Å². The molecule has 0 amide bonds. The first-order valence-corrected chi connectivity index (χ1v) is 6.66. The molecule has 1 unspecified atom stereocenters. The third-order valence-electron chi connectivity index (χ3n) is 3.75. The number of hydrogen-bond donors (Lipinski definition) is 2. The zero-order chi connectivity index (χ0) is 14.1. The topological polar surface area (TPSA) is 61.8 Å². The van der Waals surface area contributed by atoms with Gasteiger partial charge in [0.2, 0.25) is 0 Å². The number of anilines is 2. The molecule has 1 heterocycles. The SMILES string of the molecule is CC1Cc2ccccc2N1c1ccccc1/C(N)=N/O. The van der Waals surface area contributed by atoms with Crippen molar-refractivity contribution in [3.8, 4) is 0 Å². The van der Waals surface area contributed by atoms with Crippen LogP contribution in [0.5, 0.6) is 0 Å². The van der Waals surface area contributed by atoms with Crippen LogP contribution in [0.25, 0.3) is 0 Å². The smallest absolute Gasteiger partial charge is 0.172 e. The summed E-state index contributed by atoms with van der Waals surface area (Å²) in [4.78, 5) is 2.25. The van der Waals surface area contributed by atoms with Crippen LogP contribution >= 0.6 is 0 Å². The van der Waals surface area contributed by atoms with E-state index in [1.807, 2.05) is 30.3 Å². The molecular formula is C16H17N3O. The van der Waals surface area contributed by atoms with Gasteiger partial charge in [-0.25, -0.2) is 0 Å². The number of fused-ring (bicyclic) bond motifs is 1. The third kappa shape index (κ3) is 1.90. The van der Waals surface area contributed by atoms with Crippen molar-refractivity contribution in [3.05, 3.63) is 59.7 Å². The van der Waals surface area contributed by atoms with Crippen molar-refractivity contribution in [1.29, 1.82) is 0 Å². The molecule has 0 aliphatic carbocycles. The Morgan fingerprint density at radius 1 is 1.15 bits per heavy atom. The molecule has 1 atom stereocenters. The predicted molar refractivity (Wildman–Crippen MR) is 80.7 cm³/mol. The molecule has 1 aliphatic rings. The summed E-state index contributed by atoms with van der Waals surface area (Å²) in [5, 5.41) is 12.1. The van der Waals surface area contributed by atoms with Crippen molar-refractivity contribution in [2.45, 2.75) is 19.4 Å². The summed E-state index contributed by atoms with van der Waals surface area (Å²) < 4.78 is 0. The minimum atomic E-state index is 0.136. The molecule has 102 valence electrons. The number of oxime groups is 1. The quantitative estimate of drug-likeness (QED) is 0.380. The maximum Gasteiger partial charge on any atom is 0.172 e. The monoisotopic (exact) mass is 267 g/mol. The van der Waals surface area contributed by atoms with Crippen LogP contribution in [-0.2, 0) is 6.42 Å². The van der Waals surface area contributed by atoms with Crippen LogP contribution < -0.4 is 10.6 Å². The van der Waals surface area contributed by atoms with E-state index in [0.717, 1.165) is 17.7 Å². The van der Waals surface area contributed by atoms with Gasteiger partial charge in [0.1, 0.15) is 0 Å². The van der Waals surface area contributed by atoms with Gasteiger partial charge in [-0.3, -0.25) is 0 Å². The molecule has 20 heavy (non-hydrogen) atoms. The second-order valence-electron chi connectivity index (χ2n) is 5.05. The summed E-state index contributed by atoms with van der Waals surface area (Å²) in [6.45, 7) is 2.18. The Kier molecular flexibility index (Phi) is 3.06. The van der Waals surface area contributed by atoms with Crippen LogP contribution in [0.3, 0.4) is 0 Å². The average molecular weight is 267 g/mol. The average Bonchev–Trinajstić information content (AvgIpc) is 2.82. The Hall–Kier alpha value is -2.49. The number of nitrogens with two attached hydrogens (primary N) is 1. The molecule has 0 aromatic heterocycles. The van der Waals surface area contributed by atoms with E-state index in [2.05, 4.69) is 35.2 Å². The Bertz CT molecular complexity index is 666. The molecule has 0 spiro atoms. The Labute approximate surface area is 118 Å². The van der Waals surface area contributed by atoms with E-state index in [1.54, 1.807) is 0 Å². The molecule has 1 aliphatic heterocycles. The maximum atomic E-state index is 8.96. The van der Waals surface area contributed by atoms with Crippen LogP contribution in [-0.4, -0.2) is 17.1 Å². The summed E-state index contributed by atoms with van der Waals surface area (Å²) >= 11 is 0. The van der Waals surface area contributed by atoms with Crippen molar-refractivity contribution in [3.63, 3.8) is 0 Å². The summed E-state index contributed by atoms with van der Waals surface area (Å²) in [6, 6.07) is 16.4. The normalized spacial score (nSPS) is 18.1. The van der Waals surface area contributed by atoms with E-state index < -0.39 is 0 Å². The van der Waals surface area contributed by atoms with Gasteiger partial charge >= 0.3 is 0 Å². The summed E-state index contributed by atoms with van der Waals surface area (Å²) in [5.41, 5.74) is 10.0. The number of rotatable bonds is 2. The molecule has 0 saturated heterocycles. The Morgan fingerprint density at radius 3 is 2.55 bits per heavy atom. The minimum Gasteiger partial charge on any atom is -0.409 e. The number of benzene rings is 2. The van der Waals surface area contributed by atoms with Gasteiger partial charge in [-0.15, -0.1) is 0 Å². The predicted octanol–water partition coefficient (Wildman–Crippen LogP) is 2.86. The molecule has 2 aromatic rings. The highest BCUT2D eigenvalue weighted by atomic mass is 16.4. The van der Waals surface area contributed by atoms with Crippen LogP contribution in [0.4, 0.5) is 11.4 Å². The van der Waals surface area contributed by atoms with Gasteiger partial charge < -0.3 is 15.8 Å². The van der Waals surface area contributed by atoms with E-state index >= 15 is 0 Å². The standard InChI is InChI=1S/C16H17N3O/c1-11-10-12-6-2-4-8-14(12)19(11)15-9-5-3-7-13(15)16(17)18-20/h2-9,11,20H,10H2,1H3,(H2,17,18). The van der Waals surface area contributed by atoms with Crippen molar-refractivity contribution in [2.75, 3.05) is 4.90 Å². The molecule has 0 fully saturated rings. The zero-order valence-electron chi connectivity index (χ0n) is 11.3. The van der Waals surface area contributed by atoms with Crippen LogP contribution in [0, 0.1) is 0 Å². The number of hydrogen-bond acceptors (Lipinski definition) is 3.